The maximum atomic E-state index is 14.1. The lowest BCUT2D eigenvalue weighted by molar-refractivity contribution is -0.384. The maximum absolute atomic E-state index is 14.1. The number of aliphatic hydroxyl groups excluding tert-OH is 2. The van der Waals surface area contributed by atoms with E-state index in [2.05, 4.69) is 5.18 Å². The number of phenols is 1. The predicted octanol–water partition coefficient (Wildman–Crippen LogP) is 4.23. The van der Waals surface area contributed by atoms with E-state index in [4.69, 9.17) is 5.73 Å². The number of ketones is 2. The molecule has 3 atom stereocenters. The molecule has 0 heterocycles. The number of nitro groups is 1. The average molecular weight is 562 g/mol. The number of benzene rings is 2. The van der Waals surface area contributed by atoms with Gasteiger partial charge in [0.2, 0.25) is 11.3 Å². The van der Waals surface area contributed by atoms with Gasteiger partial charge >= 0.3 is 0 Å². The summed E-state index contributed by atoms with van der Waals surface area (Å²) in [6, 6.07) is 7.54. The topological polar surface area (TPSA) is 210 Å². The Balaban J connectivity index is 1.79. The van der Waals surface area contributed by atoms with Gasteiger partial charge in [-0.3, -0.25) is 24.5 Å². The van der Waals surface area contributed by atoms with E-state index in [0.717, 1.165) is 0 Å². The monoisotopic (exact) mass is 561 g/mol. The molecule has 0 saturated heterocycles. The van der Waals surface area contributed by atoms with Crippen molar-refractivity contribution >= 4 is 23.2 Å². The van der Waals surface area contributed by atoms with E-state index in [-0.39, 0.29) is 41.8 Å². The Labute approximate surface area is 233 Å². The summed E-state index contributed by atoms with van der Waals surface area (Å²) in [6.07, 6.45) is -0.353. The third-order valence-corrected chi connectivity index (χ3v) is 8.38. The van der Waals surface area contributed by atoms with Crippen molar-refractivity contribution < 1.29 is 34.6 Å². The number of aromatic hydroxyl groups is 1. The minimum atomic E-state index is -2.55. The van der Waals surface area contributed by atoms with Crippen LogP contribution in [0.5, 0.6) is 5.75 Å². The van der Waals surface area contributed by atoms with Gasteiger partial charge in [0, 0.05) is 35.6 Å². The number of nitro benzene ring substituents is 1. The smallest absolute Gasteiger partial charge is 0.270 e. The van der Waals surface area contributed by atoms with Gasteiger partial charge in [0.1, 0.15) is 22.8 Å². The van der Waals surface area contributed by atoms with E-state index in [1.807, 2.05) is 0 Å². The Morgan fingerprint density at radius 1 is 1.15 bits per heavy atom. The minimum absolute atomic E-state index is 0.0473. The molecule has 0 spiro atoms. The van der Waals surface area contributed by atoms with E-state index in [1.54, 1.807) is 32.9 Å². The number of hydrogen-bond acceptors (Lipinski definition) is 10. The molecule has 0 bridgehead atoms. The number of phenolic OH excluding ortho intramolecular Hbond substituents is 1. The van der Waals surface area contributed by atoms with Gasteiger partial charge in [-0.1, -0.05) is 32.9 Å². The molecule has 0 saturated carbocycles. The number of amides is 1. The van der Waals surface area contributed by atoms with Crippen molar-refractivity contribution in [3.05, 3.63) is 84.7 Å². The molecule has 1 unspecified atom stereocenters. The van der Waals surface area contributed by atoms with Crippen molar-refractivity contribution in [2.75, 3.05) is 0 Å². The highest BCUT2D eigenvalue weighted by molar-refractivity contribution is 6.25. The highest BCUT2D eigenvalue weighted by Crippen LogP contribution is 2.54. The first-order valence-corrected chi connectivity index (χ1v) is 12.9. The number of non-ortho nitro benzene ring substituents is 1. The van der Waals surface area contributed by atoms with Crippen molar-refractivity contribution in [2.24, 2.45) is 22.7 Å². The number of primary amides is 1. The van der Waals surface area contributed by atoms with Crippen LogP contribution < -0.4 is 5.73 Å². The normalized spacial score (nSPS) is 24.0. The van der Waals surface area contributed by atoms with Crippen LogP contribution in [0.2, 0.25) is 0 Å². The number of aliphatic hydroxyl groups is 2. The molecular formula is C29H27N3O9. The zero-order chi connectivity index (χ0) is 30.2. The second-order valence-corrected chi connectivity index (χ2v) is 11.7. The first-order chi connectivity index (χ1) is 19.1. The zero-order valence-corrected chi connectivity index (χ0v) is 22.4. The largest absolute Gasteiger partial charge is 0.511 e. The lowest BCUT2D eigenvalue weighted by Crippen LogP contribution is -2.56. The van der Waals surface area contributed by atoms with Gasteiger partial charge in [0.05, 0.1) is 10.5 Å². The van der Waals surface area contributed by atoms with Crippen LogP contribution in [0.3, 0.4) is 0 Å². The highest BCUT2D eigenvalue weighted by Gasteiger charge is 2.62. The number of Topliss-reactive ketones (excluding diaryl/α,β-unsaturated/α-hetero) is 2. The van der Waals surface area contributed by atoms with Crippen molar-refractivity contribution in [2.45, 2.75) is 51.0 Å². The first kappa shape index (κ1) is 27.7. The Morgan fingerprint density at radius 3 is 2.41 bits per heavy atom. The SMILES string of the molecule is CC(C)(C)c1cc(-c2cccc([N+](=O)[O-])c2)c2c(c1O)C(=O)C1=C(O)[C@]3(N=O)C(=O)C(C(N)=O)=C(O)C[C@@H]3CC1C2. The lowest BCUT2D eigenvalue weighted by Gasteiger charge is -2.45. The number of fused-ring (bicyclic) bond motifs is 3. The van der Waals surface area contributed by atoms with E-state index >= 15 is 0 Å². The van der Waals surface area contributed by atoms with Gasteiger partial charge in [-0.2, -0.15) is 0 Å². The van der Waals surface area contributed by atoms with Crippen molar-refractivity contribution in [1.29, 1.82) is 0 Å². The van der Waals surface area contributed by atoms with Crippen LogP contribution >= 0.6 is 0 Å². The third kappa shape index (κ3) is 3.85. The van der Waals surface area contributed by atoms with Crippen LogP contribution in [-0.2, 0) is 21.4 Å². The number of carbonyl (C=O) groups is 3. The molecule has 1 amide bonds. The molecule has 2 aromatic carbocycles. The second kappa shape index (κ2) is 9.08. The van der Waals surface area contributed by atoms with E-state index in [9.17, 15) is 44.7 Å². The molecule has 12 heteroatoms. The Morgan fingerprint density at radius 2 is 1.83 bits per heavy atom. The number of nitroso groups, excluding NO2 is 1. The third-order valence-electron chi connectivity index (χ3n) is 8.38. The Bertz CT molecular complexity index is 1660. The van der Waals surface area contributed by atoms with Crippen LogP contribution in [0.1, 0.15) is 55.1 Å². The summed E-state index contributed by atoms with van der Waals surface area (Å²) in [7, 11) is 0. The zero-order valence-electron chi connectivity index (χ0n) is 22.4. The number of rotatable bonds is 4. The van der Waals surface area contributed by atoms with Gasteiger partial charge in [0.25, 0.3) is 11.6 Å². The molecule has 12 nitrogen and oxygen atoms in total. The standard InChI is InChI=1S/C29H27N3O9/c1-28(2,3)18-11-16(12-5-4-6-15(8-12)32(40)41)17-9-13-7-14-10-19(33)22(27(30)38)26(37)29(14,31-39)25(36)20(13)24(35)21(17)23(18)34/h4-6,8,11,13-14,33-34,36H,7,9-10H2,1-3H3,(H2,30,38)/t13?,14-,29-/m0/s1. The molecule has 2 aromatic rings. The fraction of sp³-hybridized carbons (Fsp3) is 0.345. The van der Waals surface area contributed by atoms with E-state index in [0.29, 0.717) is 22.3 Å². The molecule has 0 radical (unpaired) electrons. The van der Waals surface area contributed by atoms with Gasteiger partial charge in [0.15, 0.2) is 5.78 Å². The van der Waals surface area contributed by atoms with E-state index in [1.165, 1.54) is 18.2 Å². The molecule has 5 N–H and O–H groups in total. The molecule has 212 valence electrons. The predicted molar refractivity (Wildman–Crippen MR) is 145 cm³/mol. The Hall–Kier alpha value is -4.87. The van der Waals surface area contributed by atoms with Gasteiger partial charge in [-0.15, -0.1) is 4.91 Å². The fourth-order valence-corrected chi connectivity index (χ4v) is 6.46. The second-order valence-electron chi connectivity index (χ2n) is 11.7. The molecule has 3 aliphatic carbocycles. The summed E-state index contributed by atoms with van der Waals surface area (Å²) in [6.45, 7) is 5.42. The summed E-state index contributed by atoms with van der Waals surface area (Å²) in [4.78, 5) is 62.7. The number of nitrogens with zero attached hydrogens (tertiary/aromatic N) is 2. The summed E-state index contributed by atoms with van der Waals surface area (Å²) in [5.74, 6) is -7.19. The summed E-state index contributed by atoms with van der Waals surface area (Å²) >= 11 is 0. The van der Waals surface area contributed by atoms with Crippen LogP contribution in [0.15, 0.2) is 58.2 Å². The molecular weight excluding hydrogens is 534 g/mol. The lowest BCUT2D eigenvalue weighted by atomic mass is 9.58. The van der Waals surface area contributed by atoms with E-state index < -0.39 is 62.3 Å². The van der Waals surface area contributed by atoms with Gasteiger partial charge < -0.3 is 21.1 Å². The maximum Gasteiger partial charge on any atom is 0.270 e. The first-order valence-electron chi connectivity index (χ1n) is 12.9. The van der Waals surface area contributed by atoms with Crippen molar-refractivity contribution in [3.8, 4) is 16.9 Å². The molecule has 0 aliphatic heterocycles. The van der Waals surface area contributed by atoms with Crippen LogP contribution in [0, 0.1) is 26.9 Å². The van der Waals surface area contributed by atoms with Gasteiger partial charge in [-0.25, -0.2) is 0 Å². The summed E-state index contributed by atoms with van der Waals surface area (Å²) in [5.41, 5.74) is 2.20. The average Bonchev–Trinajstić information content (AvgIpc) is 2.87. The molecule has 0 fully saturated rings. The van der Waals surface area contributed by atoms with Crippen molar-refractivity contribution in [1.82, 2.24) is 0 Å². The number of hydrogen-bond donors (Lipinski definition) is 4. The number of nitrogens with two attached hydrogens (primary N) is 1. The molecule has 5 rings (SSSR count). The fourth-order valence-electron chi connectivity index (χ4n) is 6.46. The Kier molecular flexibility index (Phi) is 6.13. The van der Waals surface area contributed by atoms with Gasteiger partial charge in [-0.05, 0) is 52.1 Å². The molecule has 0 aromatic heterocycles. The van der Waals surface area contributed by atoms with Crippen LogP contribution in [0.25, 0.3) is 11.1 Å². The minimum Gasteiger partial charge on any atom is -0.511 e. The quantitative estimate of drug-likeness (QED) is 0.182. The molecule has 41 heavy (non-hydrogen) atoms. The number of allylic oxidation sites excluding steroid dienone is 2. The van der Waals surface area contributed by atoms with Crippen molar-refractivity contribution in [3.63, 3.8) is 0 Å². The summed E-state index contributed by atoms with van der Waals surface area (Å²) < 4.78 is 0. The highest BCUT2D eigenvalue weighted by atomic mass is 16.6. The number of carbonyl (C=O) groups excluding carboxylic acids is 3. The van der Waals surface area contributed by atoms with Crippen LogP contribution in [-0.4, -0.2) is 43.3 Å². The summed E-state index contributed by atoms with van der Waals surface area (Å²) in [5, 5.41) is 47.7. The molecule has 3 aliphatic rings. The van der Waals surface area contributed by atoms with Crippen LogP contribution in [0.4, 0.5) is 5.69 Å².